The first-order chi connectivity index (χ1) is 9.13. The molecule has 1 aliphatic heterocycles. The molecule has 3 nitrogen and oxygen atoms in total. The third kappa shape index (κ3) is 4.94. The molecule has 1 atom stereocenters. The highest BCUT2D eigenvalue weighted by atomic mass is 16.3. The second kappa shape index (κ2) is 7.04. The minimum Gasteiger partial charge on any atom is -0.393 e. The number of aliphatic hydroxyl groups excluding tert-OH is 1. The zero-order chi connectivity index (χ0) is 13.7. The summed E-state index contributed by atoms with van der Waals surface area (Å²) in [5.41, 5.74) is 2.62. The predicted molar refractivity (Wildman–Crippen MR) is 79.5 cm³/mol. The van der Waals surface area contributed by atoms with E-state index in [1.54, 1.807) is 0 Å². The van der Waals surface area contributed by atoms with Gasteiger partial charge >= 0.3 is 0 Å². The fraction of sp³-hybridized carbons (Fsp3) is 0.625. The molecule has 0 amide bonds. The molecule has 0 bridgehead atoms. The van der Waals surface area contributed by atoms with Gasteiger partial charge < -0.3 is 14.9 Å². The largest absolute Gasteiger partial charge is 0.393 e. The Balaban J connectivity index is 1.76. The predicted octanol–water partition coefficient (Wildman–Crippen LogP) is 1.40. The van der Waals surface area contributed by atoms with Crippen LogP contribution in [-0.2, 0) is 12.8 Å². The number of hydrogen-bond acceptors (Lipinski definition) is 3. The Bertz CT molecular complexity index is 367. The summed E-state index contributed by atoms with van der Waals surface area (Å²) in [6.07, 6.45) is 1.62. The number of rotatable bonds is 5. The van der Waals surface area contributed by atoms with E-state index in [4.69, 9.17) is 0 Å². The third-order valence-electron chi connectivity index (χ3n) is 3.87. The van der Waals surface area contributed by atoms with E-state index in [9.17, 15) is 5.11 Å². The molecule has 1 aromatic carbocycles. The summed E-state index contributed by atoms with van der Waals surface area (Å²) in [6.45, 7) is 7.75. The first kappa shape index (κ1) is 14.5. The SMILES string of the molecule is CC(O)Cc1ccc(CCN2CCN(C)CC2)cc1. The number of hydrogen-bond donors (Lipinski definition) is 1. The molecule has 1 aliphatic rings. The average Bonchev–Trinajstić information content (AvgIpc) is 2.39. The van der Waals surface area contributed by atoms with Crippen LogP contribution in [0.5, 0.6) is 0 Å². The normalized spacial score (nSPS) is 19.5. The highest BCUT2D eigenvalue weighted by Crippen LogP contribution is 2.09. The van der Waals surface area contributed by atoms with Crippen molar-refractivity contribution in [2.24, 2.45) is 0 Å². The van der Waals surface area contributed by atoms with Crippen molar-refractivity contribution in [3.05, 3.63) is 35.4 Å². The van der Waals surface area contributed by atoms with E-state index in [2.05, 4.69) is 41.1 Å². The smallest absolute Gasteiger partial charge is 0.0552 e. The average molecular weight is 262 g/mol. The molecule has 1 saturated heterocycles. The summed E-state index contributed by atoms with van der Waals surface area (Å²) in [7, 11) is 2.19. The number of likely N-dealkylation sites (N-methyl/N-ethyl adjacent to an activating group) is 1. The Morgan fingerprint density at radius 2 is 1.63 bits per heavy atom. The molecular formula is C16H26N2O. The Hall–Kier alpha value is -0.900. The maximum atomic E-state index is 9.36. The summed E-state index contributed by atoms with van der Waals surface area (Å²) in [5, 5.41) is 9.36. The quantitative estimate of drug-likeness (QED) is 0.869. The van der Waals surface area contributed by atoms with Crippen LogP contribution in [0.3, 0.4) is 0 Å². The van der Waals surface area contributed by atoms with Crippen LogP contribution in [0.15, 0.2) is 24.3 Å². The third-order valence-corrected chi connectivity index (χ3v) is 3.87. The zero-order valence-corrected chi connectivity index (χ0v) is 12.2. The molecule has 0 radical (unpaired) electrons. The van der Waals surface area contributed by atoms with Gasteiger partial charge in [0.05, 0.1) is 6.10 Å². The van der Waals surface area contributed by atoms with Gasteiger partial charge in [-0.1, -0.05) is 24.3 Å². The van der Waals surface area contributed by atoms with Crippen molar-refractivity contribution in [1.29, 1.82) is 0 Å². The first-order valence-electron chi connectivity index (χ1n) is 7.30. The fourth-order valence-corrected chi connectivity index (χ4v) is 2.54. The van der Waals surface area contributed by atoms with Gasteiger partial charge in [0.15, 0.2) is 0 Å². The number of piperazine rings is 1. The van der Waals surface area contributed by atoms with Crippen LogP contribution in [0.4, 0.5) is 0 Å². The summed E-state index contributed by atoms with van der Waals surface area (Å²) < 4.78 is 0. The van der Waals surface area contributed by atoms with Crippen molar-refractivity contribution in [2.75, 3.05) is 39.8 Å². The van der Waals surface area contributed by atoms with E-state index < -0.39 is 0 Å². The highest BCUT2D eigenvalue weighted by molar-refractivity contribution is 5.23. The summed E-state index contributed by atoms with van der Waals surface area (Å²) in [5.74, 6) is 0. The molecule has 3 heteroatoms. The molecule has 106 valence electrons. The standard InChI is InChI=1S/C16H26N2O/c1-14(19)13-16-5-3-15(4-6-16)7-8-18-11-9-17(2)10-12-18/h3-6,14,19H,7-13H2,1-2H3. The molecule has 0 saturated carbocycles. The molecule has 1 N–H and O–H groups in total. The Labute approximate surface area is 116 Å². The molecule has 1 fully saturated rings. The molecule has 0 aliphatic carbocycles. The van der Waals surface area contributed by atoms with Gasteiger partial charge in [0, 0.05) is 32.7 Å². The van der Waals surface area contributed by atoms with Crippen molar-refractivity contribution < 1.29 is 5.11 Å². The Morgan fingerprint density at radius 3 is 2.21 bits per heavy atom. The highest BCUT2D eigenvalue weighted by Gasteiger charge is 2.12. The monoisotopic (exact) mass is 262 g/mol. The minimum absolute atomic E-state index is 0.254. The summed E-state index contributed by atoms with van der Waals surface area (Å²) in [6, 6.07) is 8.69. The lowest BCUT2D eigenvalue weighted by atomic mass is 10.0. The summed E-state index contributed by atoms with van der Waals surface area (Å²) >= 11 is 0. The zero-order valence-electron chi connectivity index (χ0n) is 12.2. The van der Waals surface area contributed by atoms with E-state index >= 15 is 0 Å². The van der Waals surface area contributed by atoms with E-state index in [1.165, 1.54) is 37.3 Å². The molecule has 2 rings (SSSR count). The van der Waals surface area contributed by atoms with Crippen LogP contribution in [0.25, 0.3) is 0 Å². The van der Waals surface area contributed by atoms with Gasteiger partial charge in [-0.2, -0.15) is 0 Å². The van der Waals surface area contributed by atoms with Crippen molar-refractivity contribution in [1.82, 2.24) is 9.80 Å². The molecule has 0 spiro atoms. The van der Waals surface area contributed by atoms with E-state index in [1.807, 2.05) is 6.92 Å². The van der Waals surface area contributed by atoms with Crippen LogP contribution in [-0.4, -0.2) is 60.8 Å². The summed E-state index contributed by atoms with van der Waals surface area (Å²) in [4.78, 5) is 4.94. The van der Waals surface area contributed by atoms with Crippen LogP contribution in [0, 0.1) is 0 Å². The maximum Gasteiger partial charge on any atom is 0.0552 e. The maximum absolute atomic E-state index is 9.36. The van der Waals surface area contributed by atoms with Crippen molar-refractivity contribution in [3.63, 3.8) is 0 Å². The molecule has 1 aromatic rings. The first-order valence-corrected chi connectivity index (χ1v) is 7.30. The van der Waals surface area contributed by atoms with Crippen LogP contribution in [0.2, 0.25) is 0 Å². The lowest BCUT2D eigenvalue weighted by Gasteiger charge is -2.32. The number of benzene rings is 1. The van der Waals surface area contributed by atoms with Crippen LogP contribution < -0.4 is 0 Å². The Morgan fingerprint density at radius 1 is 1.05 bits per heavy atom. The van der Waals surface area contributed by atoms with Gasteiger partial charge in [-0.15, -0.1) is 0 Å². The van der Waals surface area contributed by atoms with Crippen molar-refractivity contribution >= 4 is 0 Å². The Kier molecular flexibility index (Phi) is 5.37. The van der Waals surface area contributed by atoms with Crippen molar-refractivity contribution in [2.45, 2.75) is 25.9 Å². The molecule has 1 unspecified atom stereocenters. The molecule has 19 heavy (non-hydrogen) atoms. The topological polar surface area (TPSA) is 26.7 Å². The second-order valence-corrected chi connectivity index (χ2v) is 5.76. The lowest BCUT2D eigenvalue weighted by molar-refractivity contribution is 0.155. The molecule has 1 heterocycles. The fourth-order valence-electron chi connectivity index (χ4n) is 2.54. The van der Waals surface area contributed by atoms with E-state index in [0.717, 1.165) is 19.4 Å². The van der Waals surface area contributed by atoms with Crippen LogP contribution >= 0.6 is 0 Å². The molecular weight excluding hydrogens is 236 g/mol. The van der Waals surface area contributed by atoms with Crippen molar-refractivity contribution in [3.8, 4) is 0 Å². The van der Waals surface area contributed by atoms with Crippen LogP contribution in [0.1, 0.15) is 18.1 Å². The van der Waals surface area contributed by atoms with Gasteiger partial charge in [0.25, 0.3) is 0 Å². The van der Waals surface area contributed by atoms with Gasteiger partial charge in [0.1, 0.15) is 0 Å². The van der Waals surface area contributed by atoms with Gasteiger partial charge in [-0.25, -0.2) is 0 Å². The van der Waals surface area contributed by atoms with E-state index in [-0.39, 0.29) is 6.10 Å². The van der Waals surface area contributed by atoms with Gasteiger partial charge in [-0.05, 0) is 37.9 Å². The molecule has 0 aromatic heterocycles. The van der Waals surface area contributed by atoms with E-state index in [0.29, 0.717) is 0 Å². The number of aliphatic hydroxyl groups is 1. The lowest BCUT2D eigenvalue weighted by Crippen LogP contribution is -2.45. The van der Waals surface area contributed by atoms with Gasteiger partial charge in [0.2, 0.25) is 0 Å². The minimum atomic E-state index is -0.254. The second-order valence-electron chi connectivity index (χ2n) is 5.76. The van der Waals surface area contributed by atoms with Gasteiger partial charge in [-0.3, -0.25) is 0 Å². The number of nitrogens with zero attached hydrogens (tertiary/aromatic N) is 2.